The topological polar surface area (TPSA) is 94.5 Å². The Hall–Kier alpha value is -1.82. The second-order valence-electron chi connectivity index (χ2n) is 5.83. The minimum absolute atomic E-state index is 0. The predicted molar refractivity (Wildman–Crippen MR) is 105 cm³/mol. The molecule has 0 saturated carbocycles. The maximum atomic E-state index is 11.1. The van der Waals surface area contributed by atoms with Gasteiger partial charge in [-0.1, -0.05) is 12.1 Å². The Kier molecular flexibility index (Phi) is 8.54. The van der Waals surface area contributed by atoms with Gasteiger partial charge in [-0.2, -0.15) is 5.26 Å². The molecule has 2 rings (SSSR count). The van der Waals surface area contributed by atoms with Gasteiger partial charge >= 0.3 is 0 Å². The lowest BCUT2D eigenvalue weighted by molar-refractivity contribution is -0.119. The van der Waals surface area contributed by atoms with Crippen molar-refractivity contribution in [2.75, 3.05) is 20.1 Å². The molecule has 1 fully saturated rings. The minimum Gasteiger partial charge on any atom is -0.370 e. The highest BCUT2D eigenvalue weighted by atomic mass is 127. The Morgan fingerprint density at radius 2 is 2.17 bits per heavy atom. The lowest BCUT2D eigenvalue weighted by atomic mass is 9.95. The quantitative estimate of drug-likeness (QED) is 0.424. The first-order chi connectivity index (χ1) is 11.1. The van der Waals surface area contributed by atoms with Crippen molar-refractivity contribution < 1.29 is 4.79 Å². The largest absolute Gasteiger partial charge is 0.370 e. The van der Waals surface area contributed by atoms with Crippen LogP contribution in [0.3, 0.4) is 0 Å². The van der Waals surface area contributed by atoms with Crippen molar-refractivity contribution in [1.29, 1.82) is 5.26 Å². The molecule has 1 atom stereocenters. The van der Waals surface area contributed by atoms with Crippen molar-refractivity contribution >= 4 is 35.8 Å². The van der Waals surface area contributed by atoms with Gasteiger partial charge in [-0.05, 0) is 36.5 Å². The number of hydrogen-bond acceptors (Lipinski definition) is 3. The molecule has 1 unspecified atom stereocenters. The first-order valence-corrected chi connectivity index (χ1v) is 7.85. The van der Waals surface area contributed by atoms with Gasteiger partial charge in [-0.15, -0.1) is 24.0 Å². The zero-order chi connectivity index (χ0) is 16.7. The molecule has 0 radical (unpaired) electrons. The Balaban J connectivity index is 0.00000288. The van der Waals surface area contributed by atoms with E-state index < -0.39 is 0 Å². The molecule has 24 heavy (non-hydrogen) atoms. The Labute approximate surface area is 160 Å². The van der Waals surface area contributed by atoms with Gasteiger partial charge in [0, 0.05) is 33.1 Å². The second kappa shape index (κ2) is 10.1. The third kappa shape index (κ3) is 6.00. The van der Waals surface area contributed by atoms with Gasteiger partial charge in [-0.25, -0.2) is 0 Å². The normalized spacial score (nSPS) is 17.6. The van der Waals surface area contributed by atoms with Gasteiger partial charge in [0.2, 0.25) is 5.91 Å². The fourth-order valence-electron chi connectivity index (χ4n) is 2.92. The Morgan fingerprint density at radius 3 is 2.75 bits per heavy atom. The number of nitriles is 1. The highest BCUT2D eigenvalue weighted by molar-refractivity contribution is 14.0. The van der Waals surface area contributed by atoms with Crippen LogP contribution in [0, 0.1) is 17.2 Å². The summed E-state index contributed by atoms with van der Waals surface area (Å²) < 4.78 is 0. The van der Waals surface area contributed by atoms with Gasteiger partial charge in [0.05, 0.1) is 11.6 Å². The average Bonchev–Trinajstić information content (AvgIpc) is 2.56. The van der Waals surface area contributed by atoms with Crippen molar-refractivity contribution in [3.8, 4) is 6.07 Å². The van der Waals surface area contributed by atoms with E-state index in [2.05, 4.69) is 21.3 Å². The standard InChI is InChI=1S/C17H23N5O.HI/c1-20-17(21-11-14-6-4-13(10-18)5-7-14)22-8-2-3-15(12-22)9-16(19)23;/h4-7,15H,2-3,8-9,11-12H2,1H3,(H2,19,23)(H,20,21);1H. The summed E-state index contributed by atoms with van der Waals surface area (Å²) in [6.45, 7) is 2.38. The number of carbonyl (C=O) groups is 1. The number of hydrogen-bond donors (Lipinski definition) is 2. The fraction of sp³-hybridized carbons (Fsp3) is 0.471. The van der Waals surface area contributed by atoms with E-state index in [-0.39, 0.29) is 29.9 Å². The number of amides is 1. The molecule has 0 aromatic heterocycles. The monoisotopic (exact) mass is 441 g/mol. The Bertz CT molecular complexity index is 608. The van der Waals surface area contributed by atoms with Crippen molar-refractivity contribution in [1.82, 2.24) is 10.2 Å². The number of piperidine rings is 1. The number of nitrogens with one attached hydrogen (secondary N) is 1. The van der Waals surface area contributed by atoms with Gasteiger partial charge in [0.15, 0.2) is 5.96 Å². The van der Waals surface area contributed by atoms with Crippen LogP contribution in [0.15, 0.2) is 29.3 Å². The third-order valence-electron chi connectivity index (χ3n) is 4.05. The maximum Gasteiger partial charge on any atom is 0.217 e. The molecule has 1 aromatic carbocycles. The van der Waals surface area contributed by atoms with Crippen LogP contribution >= 0.6 is 24.0 Å². The number of likely N-dealkylation sites (tertiary alicyclic amines) is 1. The van der Waals surface area contributed by atoms with Crippen molar-refractivity contribution in [3.05, 3.63) is 35.4 Å². The summed E-state index contributed by atoms with van der Waals surface area (Å²) in [5.41, 5.74) is 7.06. The van der Waals surface area contributed by atoms with E-state index in [4.69, 9.17) is 11.0 Å². The summed E-state index contributed by atoms with van der Waals surface area (Å²) >= 11 is 0. The van der Waals surface area contributed by atoms with E-state index in [0.717, 1.165) is 37.5 Å². The summed E-state index contributed by atoms with van der Waals surface area (Å²) in [6, 6.07) is 9.60. The summed E-state index contributed by atoms with van der Waals surface area (Å²) in [5.74, 6) is 0.899. The predicted octanol–water partition coefficient (Wildman–Crippen LogP) is 1.84. The highest BCUT2D eigenvalue weighted by Gasteiger charge is 2.23. The number of guanidine groups is 1. The summed E-state index contributed by atoms with van der Waals surface area (Å²) in [7, 11) is 1.76. The molecule has 130 valence electrons. The molecule has 7 heteroatoms. The number of benzene rings is 1. The molecular formula is C17H24IN5O. The summed E-state index contributed by atoms with van der Waals surface area (Å²) in [6.07, 6.45) is 2.50. The van der Waals surface area contributed by atoms with E-state index >= 15 is 0 Å². The fourth-order valence-corrected chi connectivity index (χ4v) is 2.92. The molecule has 1 aliphatic rings. The van der Waals surface area contributed by atoms with E-state index in [0.29, 0.717) is 24.4 Å². The number of primary amides is 1. The van der Waals surface area contributed by atoms with Crippen LogP contribution in [0.4, 0.5) is 0 Å². The molecule has 1 aliphatic heterocycles. The number of halogens is 1. The van der Waals surface area contributed by atoms with Gasteiger partial charge in [-0.3, -0.25) is 9.79 Å². The number of carbonyl (C=O) groups excluding carboxylic acids is 1. The van der Waals surface area contributed by atoms with E-state index in [1.165, 1.54) is 0 Å². The van der Waals surface area contributed by atoms with E-state index in [9.17, 15) is 4.79 Å². The van der Waals surface area contributed by atoms with Crippen molar-refractivity contribution in [2.24, 2.45) is 16.6 Å². The Morgan fingerprint density at radius 1 is 1.46 bits per heavy atom. The average molecular weight is 441 g/mol. The first-order valence-electron chi connectivity index (χ1n) is 7.85. The van der Waals surface area contributed by atoms with Crippen molar-refractivity contribution in [2.45, 2.75) is 25.8 Å². The van der Waals surface area contributed by atoms with Crippen LogP contribution in [0.5, 0.6) is 0 Å². The van der Waals surface area contributed by atoms with Crippen LogP contribution in [-0.2, 0) is 11.3 Å². The van der Waals surface area contributed by atoms with E-state index in [1.807, 2.05) is 24.3 Å². The smallest absolute Gasteiger partial charge is 0.217 e. The number of rotatable bonds is 4. The van der Waals surface area contributed by atoms with Crippen molar-refractivity contribution in [3.63, 3.8) is 0 Å². The van der Waals surface area contributed by atoms with Gasteiger partial charge < -0.3 is 16.0 Å². The summed E-state index contributed by atoms with van der Waals surface area (Å²) in [5, 5.41) is 12.2. The SMILES string of the molecule is CN=C(NCc1ccc(C#N)cc1)N1CCCC(CC(N)=O)C1.I. The number of nitrogens with zero attached hydrogens (tertiary/aromatic N) is 3. The second-order valence-corrected chi connectivity index (χ2v) is 5.83. The van der Waals surface area contributed by atoms with Crippen LogP contribution in [-0.4, -0.2) is 36.9 Å². The zero-order valence-electron chi connectivity index (χ0n) is 13.9. The van der Waals surface area contributed by atoms with Gasteiger partial charge in [0.25, 0.3) is 0 Å². The summed E-state index contributed by atoms with van der Waals surface area (Å²) in [4.78, 5) is 17.6. The lowest BCUT2D eigenvalue weighted by Crippen LogP contribution is -2.46. The van der Waals surface area contributed by atoms with Crippen LogP contribution < -0.4 is 11.1 Å². The molecular weight excluding hydrogens is 417 g/mol. The van der Waals surface area contributed by atoms with Crippen LogP contribution in [0.25, 0.3) is 0 Å². The van der Waals surface area contributed by atoms with Gasteiger partial charge in [0.1, 0.15) is 0 Å². The molecule has 6 nitrogen and oxygen atoms in total. The minimum atomic E-state index is -0.239. The lowest BCUT2D eigenvalue weighted by Gasteiger charge is -2.34. The molecule has 1 saturated heterocycles. The maximum absolute atomic E-state index is 11.1. The molecule has 1 amide bonds. The molecule has 1 aromatic rings. The van der Waals surface area contributed by atoms with Crippen LogP contribution in [0.1, 0.15) is 30.4 Å². The third-order valence-corrected chi connectivity index (χ3v) is 4.05. The molecule has 3 N–H and O–H groups in total. The zero-order valence-corrected chi connectivity index (χ0v) is 16.2. The van der Waals surface area contributed by atoms with Crippen LogP contribution in [0.2, 0.25) is 0 Å². The highest BCUT2D eigenvalue weighted by Crippen LogP contribution is 2.19. The number of aliphatic imine (C=N–C) groups is 1. The molecule has 0 bridgehead atoms. The molecule has 0 aliphatic carbocycles. The number of nitrogens with two attached hydrogens (primary N) is 1. The molecule has 1 heterocycles. The first kappa shape index (κ1) is 20.2. The molecule has 0 spiro atoms. The van der Waals surface area contributed by atoms with E-state index in [1.54, 1.807) is 7.05 Å².